The van der Waals surface area contributed by atoms with Crippen molar-refractivity contribution in [1.29, 1.82) is 0 Å². The fourth-order valence-electron chi connectivity index (χ4n) is 1.55. The summed E-state index contributed by atoms with van der Waals surface area (Å²) in [6.07, 6.45) is 0. The highest BCUT2D eigenvalue weighted by Gasteiger charge is 2.13. The Bertz CT molecular complexity index is 504. The summed E-state index contributed by atoms with van der Waals surface area (Å²) in [4.78, 5) is 1.18. The van der Waals surface area contributed by atoms with Gasteiger partial charge in [-0.2, -0.15) is 0 Å². The molecule has 0 aliphatic heterocycles. The Hall–Kier alpha value is -0.310. The van der Waals surface area contributed by atoms with Crippen LogP contribution < -0.4 is 0 Å². The molecule has 3 heteroatoms. The van der Waals surface area contributed by atoms with E-state index in [9.17, 15) is 0 Å². The van der Waals surface area contributed by atoms with Gasteiger partial charge in [0.25, 0.3) is 0 Å². The molecule has 0 radical (unpaired) electrons. The molecule has 1 atom stereocenters. The predicted molar refractivity (Wildman–Crippen MR) is 75.6 cm³/mol. The van der Waals surface area contributed by atoms with E-state index in [4.69, 9.17) is 11.6 Å². The zero-order valence-corrected chi connectivity index (χ0v) is 12.3. The number of aryl methyl sites for hydroxylation is 2. The van der Waals surface area contributed by atoms with Gasteiger partial charge in [-0.15, -0.1) is 22.9 Å². The summed E-state index contributed by atoms with van der Waals surface area (Å²) in [6.45, 7) is 4.23. The molecule has 84 valence electrons. The van der Waals surface area contributed by atoms with Crippen molar-refractivity contribution >= 4 is 38.9 Å². The van der Waals surface area contributed by atoms with E-state index in [2.05, 4.69) is 54.0 Å². The highest BCUT2D eigenvalue weighted by Crippen LogP contribution is 2.36. The minimum absolute atomic E-state index is 0.0457. The zero-order valence-electron chi connectivity index (χ0n) is 9.13. The molecule has 0 fully saturated rings. The molecule has 1 aromatic carbocycles. The molecule has 0 N–H and O–H groups in total. The fourth-order valence-corrected chi connectivity index (χ4v) is 3.32. The number of hydrogen-bond acceptors (Lipinski definition) is 1. The second kappa shape index (κ2) is 4.91. The van der Waals surface area contributed by atoms with Gasteiger partial charge in [-0.05, 0) is 58.6 Å². The van der Waals surface area contributed by atoms with E-state index < -0.39 is 0 Å². The summed E-state index contributed by atoms with van der Waals surface area (Å²) in [5.74, 6) is 0. The Balaban J connectivity index is 2.33. The van der Waals surface area contributed by atoms with Crippen LogP contribution in [-0.2, 0) is 0 Å². The van der Waals surface area contributed by atoms with E-state index in [-0.39, 0.29) is 5.38 Å². The molecule has 0 saturated carbocycles. The van der Waals surface area contributed by atoms with Crippen LogP contribution >= 0.6 is 38.9 Å². The number of benzene rings is 1. The molecule has 2 aromatic rings. The third-order valence-corrected chi connectivity index (χ3v) is 4.97. The minimum atomic E-state index is -0.0457. The van der Waals surface area contributed by atoms with Crippen molar-refractivity contribution in [3.63, 3.8) is 0 Å². The lowest BCUT2D eigenvalue weighted by molar-refractivity contribution is 1.16. The van der Waals surface area contributed by atoms with Crippen molar-refractivity contribution in [3.05, 3.63) is 55.7 Å². The average Bonchev–Trinajstić information content (AvgIpc) is 2.68. The molecule has 16 heavy (non-hydrogen) atoms. The fraction of sp³-hybridized carbons (Fsp3) is 0.231. The van der Waals surface area contributed by atoms with Gasteiger partial charge >= 0.3 is 0 Å². The van der Waals surface area contributed by atoms with E-state index >= 15 is 0 Å². The second-order valence-corrected chi connectivity index (χ2v) is 6.78. The van der Waals surface area contributed by atoms with Crippen LogP contribution in [0.1, 0.15) is 26.9 Å². The first-order valence-corrected chi connectivity index (χ1v) is 7.09. The lowest BCUT2D eigenvalue weighted by atomic mass is 10.0. The van der Waals surface area contributed by atoms with Crippen molar-refractivity contribution in [2.75, 3.05) is 0 Å². The minimum Gasteiger partial charge on any atom is -0.131 e. The Labute approximate surface area is 113 Å². The first-order valence-electron chi connectivity index (χ1n) is 5.04. The van der Waals surface area contributed by atoms with E-state index in [1.54, 1.807) is 11.3 Å². The summed E-state index contributed by atoms with van der Waals surface area (Å²) in [5.41, 5.74) is 3.76. The largest absolute Gasteiger partial charge is 0.131 e. The molecule has 0 saturated heterocycles. The summed E-state index contributed by atoms with van der Waals surface area (Å²) >= 11 is 11.6. The van der Waals surface area contributed by atoms with Gasteiger partial charge in [0.2, 0.25) is 0 Å². The lowest BCUT2D eigenvalue weighted by Gasteiger charge is -2.09. The van der Waals surface area contributed by atoms with Crippen molar-refractivity contribution in [2.45, 2.75) is 19.2 Å². The van der Waals surface area contributed by atoms with Crippen LogP contribution in [0.2, 0.25) is 0 Å². The molecule has 1 aromatic heterocycles. The number of alkyl halides is 1. The second-order valence-electron chi connectivity index (χ2n) is 3.85. The molecular formula is C13H12BrClS. The summed E-state index contributed by atoms with van der Waals surface area (Å²) in [5, 5.41) is -0.0457. The smallest absolute Gasteiger partial charge is 0.0928 e. The van der Waals surface area contributed by atoms with Gasteiger partial charge in [-0.3, -0.25) is 0 Å². The van der Waals surface area contributed by atoms with Crippen LogP contribution in [0.4, 0.5) is 0 Å². The molecule has 1 heterocycles. The van der Waals surface area contributed by atoms with Crippen molar-refractivity contribution in [2.24, 2.45) is 0 Å². The van der Waals surface area contributed by atoms with Gasteiger partial charge < -0.3 is 0 Å². The third-order valence-electron chi connectivity index (χ3n) is 2.67. The summed E-state index contributed by atoms with van der Waals surface area (Å²) in [6, 6.07) is 10.5. The molecule has 0 aliphatic carbocycles. The van der Waals surface area contributed by atoms with Gasteiger partial charge in [-0.1, -0.05) is 18.2 Å². The van der Waals surface area contributed by atoms with Crippen molar-refractivity contribution in [1.82, 2.24) is 0 Å². The number of thiophene rings is 1. The quantitative estimate of drug-likeness (QED) is 0.646. The standard InChI is InChI=1S/C13H12BrClS/c1-8-3-4-10(7-9(8)2)13(15)11-5-6-12(14)16-11/h3-7,13H,1-2H3. The summed E-state index contributed by atoms with van der Waals surface area (Å²) in [7, 11) is 0. The third kappa shape index (κ3) is 2.50. The average molecular weight is 316 g/mol. The molecule has 2 rings (SSSR count). The van der Waals surface area contributed by atoms with E-state index in [0.717, 1.165) is 3.79 Å². The maximum atomic E-state index is 6.46. The Morgan fingerprint density at radius 1 is 1.12 bits per heavy atom. The molecule has 0 bridgehead atoms. The van der Waals surface area contributed by atoms with E-state index in [0.29, 0.717) is 0 Å². The highest BCUT2D eigenvalue weighted by molar-refractivity contribution is 9.11. The van der Waals surface area contributed by atoms with Gasteiger partial charge in [0.05, 0.1) is 9.16 Å². The number of rotatable bonds is 2. The summed E-state index contributed by atoms with van der Waals surface area (Å²) < 4.78 is 1.12. The Morgan fingerprint density at radius 3 is 2.44 bits per heavy atom. The van der Waals surface area contributed by atoms with Gasteiger partial charge in [0.15, 0.2) is 0 Å². The Morgan fingerprint density at radius 2 is 1.88 bits per heavy atom. The molecule has 1 unspecified atom stereocenters. The Kier molecular flexibility index (Phi) is 3.73. The van der Waals surface area contributed by atoms with E-state index in [1.165, 1.54) is 21.6 Å². The van der Waals surface area contributed by atoms with Gasteiger partial charge in [0.1, 0.15) is 0 Å². The maximum absolute atomic E-state index is 6.46. The maximum Gasteiger partial charge on any atom is 0.0928 e. The molecule has 0 aliphatic rings. The number of hydrogen-bond donors (Lipinski definition) is 0. The monoisotopic (exact) mass is 314 g/mol. The van der Waals surface area contributed by atoms with Crippen LogP contribution in [0.5, 0.6) is 0 Å². The van der Waals surface area contributed by atoms with Gasteiger partial charge in [0, 0.05) is 4.88 Å². The normalized spacial score (nSPS) is 12.8. The van der Waals surface area contributed by atoms with Crippen LogP contribution in [0.15, 0.2) is 34.1 Å². The van der Waals surface area contributed by atoms with Crippen LogP contribution in [0.25, 0.3) is 0 Å². The molecule has 0 nitrogen and oxygen atoms in total. The van der Waals surface area contributed by atoms with E-state index in [1.807, 2.05) is 6.07 Å². The molecule has 0 spiro atoms. The molecular weight excluding hydrogens is 304 g/mol. The lowest BCUT2D eigenvalue weighted by Crippen LogP contribution is -1.92. The predicted octanol–water partition coefficient (Wildman–Crippen LogP) is 5.46. The topological polar surface area (TPSA) is 0 Å². The number of halogens is 2. The van der Waals surface area contributed by atoms with Gasteiger partial charge in [-0.25, -0.2) is 0 Å². The first kappa shape index (κ1) is 12.2. The van der Waals surface area contributed by atoms with Crippen LogP contribution in [0.3, 0.4) is 0 Å². The van der Waals surface area contributed by atoms with Crippen molar-refractivity contribution in [3.8, 4) is 0 Å². The SMILES string of the molecule is Cc1ccc(C(Cl)c2ccc(Br)s2)cc1C. The van der Waals surface area contributed by atoms with Crippen LogP contribution in [0, 0.1) is 13.8 Å². The first-order chi connectivity index (χ1) is 7.58. The zero-order chi connectivity index (χ0) is 11.7. The molecule has 0 amide bonds. The van der Waals surface area contributed by atoms with Crippen molar-refractivity contribution < 1.29 is 0 Å². The van der Waals surface area contributed by atoms with Crippen LogP contribution in [-0.4, -0.2) is 0 Å². The highest BCUT2D eigenvalue weighted by atomic mass is 79.9.